The van der Waals surface area contributed by atoms with Crippen LogP contribution in [-0.2, 0) is 6.54 Å². The van der Waals surface area contributed by atoms with Crippen molar-refractivity contribution in [3.63, 3.8) is 0 Å². The second kappa shape index (κ2) is 11.1. The van der Waals surface area contributed by atoms with Gasteiger partial charge < -0.3 is 16.5 Å². The van der Waals surface area contributed by atoms with Crippen LogP contribution in [0.3, 0.4) is 0 Å². The third-order valence-corrected chi connectivity index (χ3v) is 7.00. The highest BCUT2D eigenvalue weighted by Crippen LogP contribution is 2.33. The van der Waals surface area contributed by atoms with Crippen molar-refractivity contribution < 1.29 is 4.79 Å². The number of nitrogens with two attached hydrogens (primary N) is 2. The molecular formula is C30H29ClN6O. The third-order valence-electron chi connectivity index (χ3n) is 6.76. The van der Waals surface area contributed by atoms with Crippen LogP contribution >= 0.6 is 11.6 Å². The summed E-state index contributed by atoms with van der Waals surface area (Å²) in [5.74, 6) is 5.91. The third kappa shape index (κ3) is 5.72. The van der Waals surface area contributed by atoms with E-state index in [-0.39, 0.29) is 5.95 Å². The molecule has 0 unspecified atom stereocenters. The number of halogens is 1. The highest BCUT2D eigenvalue weighted by atomic mass is 35.5. The topological polar surface area (TPSA) is 114 Å². The quantitative estimate of drug-likeness (QED) is 0.312. The predicted molar refractivity (Wildman–Crippen MR) is 151 cm³/mol. The van der Waals surface area contributed by atoms with Crippen molar-refractivity contribution in [2.45, 2.75) is 32.7 Å². The van der Waals surface area contributed by atoms with Gasteiger partial charge in [0, 0.05) is 28.9 Å². The van der Waals surface area contributed by atoms with E-state index in [2.05, 4.69) is 43.8 Å². The molecule has 2 aromatic heterocycles. The molecule has 7 nitrogen and oxygen atoms in total. The first-order chi connectivity index (χ1) is 18.4. The lowest BCUT2D eigenvalue weighted by molar-refractivity contribution is 0.100. The van der Waals surface area contributed by atoms with Gasteiger partial charge in [-0.25, -0.2) is 9.97 Å². The molecule has 5 N–H and O–H groups in total. The molecule has 0 radical (unpaired) electrons. The highest BCUT2D eigenvalue weighted by molar-refractivity contribution is 6.31. The van der Waals surface area contributed by atoms with Crippen molar-refractivity contribution in [2.75, 3.05) is 18.8 Å². The average Bonchev–Trinajstić information content (AvgIpc) is 3.36. The van der Waals surface area contributed by atoms with Gasteiger partial charge in [-0.3, -0.25) is 9.69 Å². The Morgan fingerprint density at radius 1 is 1.08 bits per heavy atom. The predicted octanol–water partition coefficient (Wildman–Crippen LogP) is 5.17. The number of aromatic nitrogens is 3. The van der Waals surface area contributed by atoms with Crippen molar-refractivity contribution in [3.05, 3.63) is 87.6 Å². The van der Waals surface area contributed by atoms with Crippen molar-refractivity contribution in [1.82, 2.24) is 19.9 Å². The van der Waals surface area contributed by atoms with Crippen LogP contribution in [0.5, 0.6) is 0 Å². The number of carbonyl (C=O) groups is 1. The summed E-state index contributed by atoms with van der Waals surface area (Å²) in [6.07, 6.45) is 5.47. The van der Waals surface area contributed by atoms with E-state index >= 15 is 0 Å². The maximum Gasteiger partial charge on any atom is 0.250 e. The van der Waals surface area contributed by atoms with Crippen molar-refractivity contribution in [3.8, 4) is 34.5 Å². The zero-order valence-corrected chi connectivity index (χ0v) is 22.0. The Balaban J connectivity index is 1.47. The Kier molecular flexibility index (Phi) is 7.45. The van der Waals surface area contributed by atoms with Gasteiger partial charge >= 0.3 is 0 Å². The first-order valence-corrected chi connectivity index (χ1v) is 13.0. The minimum Gasteiger partial charge on any atom is -0.368 e. The molecule has 1 fully saturated rings. The minimum absolute atomic E-state index is 0.100. The van der Waals surface area contributed by atoms with Gasteiger partial charge in [0.15, 0.2) is 0 Å². The van der Waals surface area contributed by atoms with E-state index in [9.17, 15) is 4.79 Å². The van der Waals surface area contributed by atoms with Crippen LogP contribution in [0.4, 0.5) is 5.95 Å². The first kappa shape index (κ1) is 25.5. The van der Waals surface area contributed by atoms with Crippen LogP contribution in [0, 0.1) is 18.8 Å². The van der Waals surface area contributed by atoms with Gasteiger partial charge in [-0.05, 0) is 74.3 Å². The Morgan fingerprint density at radius 2 is 1.84 bits per heavy atom. The minimum atomic E-state index is -0.568. The van der Waals surface area contributed by atoms with E-state index in [1.165, 1.54) is 24.8 Å². The molecule has 1 aliphatic heterocycles. The lowest BCUT2D eigenvalue weighted by Crippen LogP contribution is -2.29. The number of nitrogens with one attached hydrogen (secondary N) is 1. The number of rotatable bonds is 5. The first-order valence-electron chi connectivity index (χ1n) is 12.6. The molecule has 1 saturated heterocycles. The Labute approximate surface area is 227 Å². The van der Waals surface area contributed by atoms with E-state index in [0.717, 1.165) is 36.3 Å². The average molecular weight is 525 g/mol. The highest BCUT2D eigenvalue weighted by Gasteiger charge is 2.20. The van der Waals surface area contributed by atoms with Gasteiger partial charge in [0.05, 0.1) is 22.5 Å². The molecule has 1 amide bonds. The Morgan fingerprint density at radius 3 is 2.58 bits per heavy atom. The molecule has 3 heterocycles. The number of aromatic amines is 1. The molecule has 1 aliphatic rings. The lowest BCUT2D eigenvalue weighted by Gasteiger charge is -2.26. The SMILES string of the molecule is Cc1ccc(Cl)cc1-c1[nH]c(-c2nc(N)ncc2C#Cc2ccc(CN3CCCCC3)cc2)cc1C(N)=O. The second-order valence-corrected chi connectivity index (χ2v) is 10.0. The second-order valence-electron chi connectivity index (χ2n) is 9.57. The van der Waals surface area contributed by atoms with Gasteiger partial charge in [-0.15, -0.1) is 0 Å². The number of benzene rings is 2. The number of piperidine rings is 1. The molecule has 4 aromatic rings. The number of carbonyl (C=O) groups excluding carboxylic acids is 1. The fourth-order valence-electron chi connectivity index (χ4n) is 4.75. The maximum absolute atomic E-state index is 12.3. The number of hydrogen-bond acceptors (Lipinski definition) is 5. The van der Waals surface area contributed by atoms with Crippen molar-refractivity contribution in [2.24, 2.45) is 5.73 Å². The zero-order chi connectivity index (χ0) is 26.6. The van der Waals surface area contributed by atoms with Gasteiger partial charge in [0.25, 0.3) is 5.91 Å². The molecule has 0 atom stereocenters. The number of nitrogens with zero attached hydrogens (tertiary/aromatic N) is 3. The van der Waals surface area contributed by atoms with Crippen LogP contribution in [0.1, 0.15) is 51.9 Å². The number of primary amides is 1. The smallest absolute Gasteiger partial charge is 0.250 e. The molecule has 0 bridgehead atoms. The fraction of sp³-hybridized carbons (Fsp3) is 0.233. The normalized spacial score (nSPS) is 13.6. The number of amides is 1. The number of aryl methyl sites for hydroxylation is 1. The number of nitrogen functional groups attached to an aromatic ring is 1. The van der Waals surface area contributed by atoms with Gasteiger partial charge in [-0.2, -0.15) is 0 Å². The molecule has 5 rings (SSSR count). The summed E-state index contributed by atoms with van der Waals surface area (Å²) in [6.45, 7) is 5.23. The van der Waals surface area contributed by atoms with Crippen LogP contribution in [0.2, 0.25) is 5.02 Å². The van der Waals surface area contributed by atoms with Gasteiger partial charge in [0.2, 0.25) is 5.95 Å². The van der Waals surface area contributed by atoms with Gasteiger partial charge in [0.1, 0.15) is 5.69 Å². The summed E-state index contributed by atoms with van der Waals surface area (Å²) >= 11 is 6.24. The van der Waals surface area contributed by atoms with Crippen LogP contribution in [0.25, 0.3) is 22.6 Å². The molecule has 2 aromatic carbocycles. The summed E-state index contributed by atoms with van der Waals surface area (Å²) in [7, 11) is 0. The molecular weight excluding hydrogens is 496 g/mol. The Hall–Kier alpha value is -4.12. The fourth-order valence-corrected chi connectivity index (χ4v) is 4.93. The molecule has 0 saturated carbocycles. The van der Waals surface area contributed by atoms with E-state index in [4.69, 9.17) is 23.1 Å². The summed E-state index contributed by atoms with van der Waals surface area (Å²) < 4.78 is 0. The molecule has 8 heteroatoms. The summed E-state index contributed by atoms with van der Waals surface area (Å²) in [5, 5.41) is 0.553. The van der Waals surface area contributed by atoms with Crippen molar-refractivity contribution >= 4 is 23.5 Å². The number of anilines is 1. The number of H-pyrrole nitrogens is 1. The molecule has 192 valence electrons. The summed E-state index contributed by atoms with van der Waals surface area (Å²) in [5.41, 5.74) is 18.0. The molecule has 38 heavy (non-hydrogen) atoms. The summed E-state index contributed by atoms with van der Waals surface area (Å²) in [6, 6.07) is 15.5. The maximum atomic E-state index is 12.3. The van der Waals surface area contributed by atoms with Crippen molar-refractivity contribution in [1.29, 1.82) is 0 Å². The van der Waals surface area contributed by atoms with E-state index < -0.39 is 5.91 Å². The Bertz CT molecular complexity index is 1540. The largest absolute Gasteiger partial charge is 0.368 e. The zero-order valence-electron chi connectivity index (χ0n) is 21.2. The standard InChI is InChI=1S/C30H29ClN6O/c1-19-5-12-23(31)15-24(19)28-25(29(32)38)16-26(35-28)27-22(17-34-30(33)36-27)11-10-20-6-8-21(9-7-20)18-37-13-3-2-4-14-37/h5-9,12,15-17,35H,2-4,13-14,18H2,1H3,(H2,32,38)(H2,33,34,36). The van der Waals surface area contributed by atoms with E-state index in [1.54, 1.807) is 24.4 Å². The summed E-state index contributed by atoms with van der Waals surface area (Å²) in [4.78, 5) is 26.7. The van der Waals surface area contributed by atoms with E-state index in [0.29, 0.717) is 33.2 Å². The molecule has 0 aliphatic carbocycles. The number of likely N-dealkylation sites (tertiary alicyclic amines) is 1. The van der Waals surface area contributed by atoms with Crippen LogP contribution in [-0.4, -0.2) is 38.8 Å². The lowest BCUT2D eigenvalue weighted by atomic mass is 10.0. The van der Waals surface area contributed by atoms with Gasteiger partial charge in [-0.1, -0.05) is 48.1 Å². The number of hydrogen-bond donors (Lipinski definition) is 3. The monoisotopic (exact) mass is 524 g/mol. The van der Waals surface area contributed by atoms with Crippen LogP contribution in [0.15, 0.2) is 54.7 Å². The molecule has 0 spiro atoms. The van der Waals surface area contributed by atoms with E-state index in [1.807, 2.05) is 25.1 Å². The van der Waals surface area contributed by atoms with Crippen LogP contribution < -0.4 is 11.5 Å².